The molecule has 0 bridgehead atoms. The zero-order chi connectivity index (χ0) is 45.9. The van der Waals surface area contributed by atoms with Crippen LogP contribution in [-0.2, 0) is 14.3 Å². The molecule has 6 heteroatoms. The molecule has 0 saturated carbocycles. The van der Waals surface area contributed by atoms with Crippen molar-refractivity contribution in [1.29, 1.82) is 0 Å². The summed E-state index contributed by atoms with van der Waals surface area (Å²) in [6.45, 7) is 6.30. The zero-order valence-electron chi connectivity index (χ0n) is 41.2. The first-order valence-corrected chi connectivity index (χ1v) is 26.3. The molecule has 0 rings (SSSR count). The minimum atomic E-state index is -0.807. The first-order chi connectivity index (χ1) is 31.0. The van der Waals surface area contributed by atoms with E-state index in [1.54, 1.807) is 0 Å². The quantitative estimate of drug-likeness (QED) is 0.0322. The summed E-state index contributed by atoms with van der Waals surface area (Å²) in [5, 5.41) is 23.7. The minimum Gasteiger partial charge on any atom is -0.462 e. The molecule has 0 aromatic rings. The number of amides is 1. The van der Waals surface area contributed by atoms with Gasteiger partial charge in [-0.1, -0.05) is 228 Å². The van der Waals surface area contributed by atoms with Crippen LogP contribution in [-0.4, -0.2) is 46.9 Å². The number of esters is 1. The van der Waals surface area contributed by atoms with Crippen LogP contribution < -0.4 is 5.32 Å². The van der Waals surface area contributed by atoms with E-state index in [9.17, 15) is 19.8 Å². The Morgan fingerprint density at radius 2 is 0.873 bits per heavy atom. The van der Waals surface area contributed by atoms with Crippen LogP contribution in [0, 0.1) is 0 Å². The van der Waals surface area contributed by atoms with Gasteiger partial charge in [0.25, 0.3) is 0 Å². The smallest absolute Gasteiger partial charge is 0.306 e. The van der Waals surface area contributed by atoms with Gasteiger partial charge in [-0.15, -0.1) is 0 Å². The van der Waals surface area contributed by atoms with Gasteiger partial charge in [0.05, 0.1) is 25.2 Å². The molecule has 3 N–H and O–H groups in total. The maximum atomic E-state index is 13.2. The predicted molar refractivity (Wildman–Crippen MR) is 273 cm³/mol. The molecule has 0 aliphatic carbocycles. The van der Waals surface area contributed by atoms with Crippen LogP contribution in [0.4, 0.5) is 0 Å². The van der Waals surface area contributed by atoms with Crippen LogP contribution in [0.1, 0.15) is 239 Å². The third-order valence-corrected chi connectivity index (χ3v) is 11.5. The van der Waals surface area contributed by atoms with E-state index in [1.165, 1.54) is 96.3 Å². The molecule has 3 atom stereocenters. The van der Waals surface area contributed by atoms with Crippen molar-refractivity contribution in [2.45, 2.75) is 257 Å². The van der Waals surface area contributed by atoms with E-state index in [1.807, 2.05) is 6.08 Å². The first kappa shape index (κ1) is 60.0. The van der Waals surface area contributed by atoms with Gasteiger partial charge in [-0.2, -0.15) is 0 Å². The van der Waals surface area contributed by atoms with E-state index >= 15 is 0 Å². The Bertz CT molecular complexity index is 1210. The van der Waals surface area contributed by atoms with Crippen molar-refractivity contribution >= 4 is 11.9 Å². The summed E-state index contributed by atoms with van der Waals surface area (Å²) in [4.78, 5) is 26.1. The molecule has 3 unspecified atom stereocenters. The molecule has 1 amide bonds. The number of nitrogens with one attached hydrogen (secondary N) is 1. The number of carbonyl (C=O) groups excluding carboxylic acids is 2. The average Bonchev–Trinajstić information content (AvgIpc) is 3.28. The lowest BCUT2D eigenvalue weighted by Crippen LogP contribution is -2.46. The third kappa shape index (κ3) is 45.4. The van der Waals surface area contributed by atoms with E-state index in [0.29, 0.717) is 19.3 Å². The largest absolute Gasteiger partial charge is 0.462 e. The Hall–Kier alpha value is -2.96. The summed E-state index contributed by atoms with van der Waals surface area (Å²) < 4.78 is 5.86. The van der Waals surface area contributed by atoms with Gasteiger partial charge in [0, 0.05) is 6.42 Å². The first-order valence-electron chi connectivity index (χ1n) is 26.3. The van der Waals surface area contributed by atoms with Gasteiger partial charge in [0.1, 0.15) is 6.10 Å². The summed E-state index contributed by atoms with van der Waals surface area (Å²) in [5.74, 6) is -0.595. The Morgan fingerprint density at radius 1 is 0.476 bits per heavy atom. The van der Waals surface area contributed by atoms with Crippen LogP contribution in [0.25, 0.3) is 0 Å². The highest BCUT2D eigenvalue weighted by atomic mass is 16.5. The molecular formula is C57H99NO5. The standard InChI is InChI=1S/C57H99NO5/c1-4-7-10-13-16-19-21-23-25-27-28-29-31-33-35-38-41-44-47-50-57(62)63-53(48-45-42-39-36-18-15-12-9-6-3)51-56(61)58-54(52-59)55(60)49-46-43-40-37-34-32-30-26-24-22-20-17-14-11-8-5-2/h7,10,15-16,18-19,23,25,28-29,33,35,41,44,53-55,59-60H,4-6,8-9,11-14,17,20-22,24,26-27,30-32,34,36-40,42-43,45-52H2,1-3H3,(H,58,61)/b10-7-,18-15-,19-16-,25-23-,29-28-,35-33-,44-41-. The third-order valence-electron chi connectivity index (χ3n) is 11.5. The maximum absolute atomic E-state index is 13.2. The van der Waals surface area contributed by atoms with Crippen LogP contribution in [0.15, 0.2) is 85.1 Å². The molecule has 0 aromatic heterocycles. The van der Waals surface area contributed by atoms with E-state index in [0.717, 1.165) is 89.9 Å². The number of unbranched alkanes of at least 4 members (excludes halogenated alkanes) is 20. The molecule has 0 aromatic carbocycles. The SMILES string of the molecule is CC/C=C\C/C=C\C/C=C\C/C=C\C/C=C\C/C=C\CCC(=O)OC(CCCCC/C=C\CCCC)CC(=O)NC(CO)C(O)CCCCCCCCCCCCCCCCCC. The summed E-state index contributed by atoms with van der Waals surface area (Å²) in [6.07, 6.45) is 65.2. The van der Waals surface area contributed by atoms with Gasteiger partial charge in [-0.05, 0) is 83.5 Å². The Labute approximate surface area is 389 Å². The highest BCUT2D eigenvalue weighted by Crippen LogP contribution is 2.17. The number of hydrogen-bond donors (Lipinski definition) is 3. The molecular weight excluding hydrogens is 779 g/mol. The number of rotatable bonds is 46. The van der Waals surface area contributed by atoms with Crippen molar-refractivity contribution in [2.75, 3.05) is 6.61 Å². The maximum Gasteiger partial charge on any atom is 0.306 e. The number of aliphatic hydroxyl groups excluding tert-OH is 2. The van der Waals surface area contributed by atoms with Crippen molar-refractivity contribution in [3.8, 4) is 0 Å². The monoisotopic (exact) mass is 878 g/mol. The van der Waals surface area contributed by atoms with Crippen LogP contribution in [0.3, 0.4) is 0 Å². The van der Waals surface area contributed by atoms with Gasteiger partial charge >= 0.3 is 5.97 Å². The van der Waals surface area contributed by atoms with Gasteiger partial charge in [-0.3, -0.25) is 9.59 Å². The number of ether oxygens (including phenoxy) is 1. The van der Waals surface area contributed by atoms with Crippen molar-refractivity contribution in [2.24, 2.45) is 0 Å². The van der Waals surface area contributed by atoms with Gasteiger partial charge in [0.15, 0.2) is 0 Å². The van der Waals surface area contributed by atoms with Crippen molar-refractivity contribution < 1.29 is 24.5 Å². The fraction of sp³-hybridized carbons (Fsp3) is 0.719. The van der Waals surface area contributed by atoms with Gasteiger partial charge in [0.2, 0.25) is 5.91 Å². The summed E-state index contributed by atoms with van der Waals surface area (Å²) in [5.41, 5.74) is 0. The van der Waals surface area contributed by atoms with E-state index in [2.05, 4.69) is 105 Å². The highest BCUT2D eigenvalue weighted by Gasteiger charge is 2.24. The second kappa shape index (κ2) is 50.0. The molecule has 0 spiro atoms. The molecule has 0 aliphatic heterocycles. The number of aliphatic hydroxyl groups is 2. The van der Waals surface area contributed by atoms with Crippen LogP contribution >= 0.6 is 0 Å². The number of hydrogen-bond acceptors (Lipinski definition) is 5. The number of carbonyl (C=O) groups is 2. The van der Waals surface area contributed by atoms with Crippen LogP contribution in [0.2, 0.25) is 0 Å². The zero-order valence-corrected chi connectivity index (χ0v) is 41.2. The molecule has 0 saturated heterocycles. The molecule has 362 valence electrons. The average molecular weight is 878 g/mol. The Balaban J connectivity index is 4.56. The molecule has 63 heavy (non-hydrogen) atoms. The summed E-state index contributed by atoms with van der Waals surface area (Å²) >= 11 is 0. The molecule has 0 heterocycles. The normalized spacial score (nSPS) is 13.9. The minimum absolute atomic E-state index is 0.0326. The van der Waals surface area contributed by atoms with Crippen molar-refractivity contribution in [3.05, 3.63) is 85.1 Å². The predicted octanol–water partition coefficient (Wildman–Crippen LogP) is 16.0. The molecule has 6 nitrogen and oxygen atoms in total. The molecule has 0 aliphatic rings. The van der Waals surface area contributed by atoms with Gasteiger partial charge < -0.3 is 20.3 Å². The van der Waals surface area contributed by atoms with Crippen molar-refractivity contribution in [3.63, 3.8) is 0 Å². The lowest BCUT2D eigenvalue weighted by Gasteiger charge is -2.24. The van der Waals surface area contributed by atoms with Crippen LogP contribution in [0.5, 0.6) is 0 Å². The van der Waals surface area contributed by atoms with Crippen molar-refractivity contribution in [1.82, 2.24) is 5.32 Å². The van der Waals surface area contributed by atoms with E-state index < -0.39 is 18.2 Å². The summed E-state index contributed by atoms with van der Waals surface area (Å²) in [6, 6.07) is -0.724. The fourth-order valence-corrected chi connectivity index (χ4v) is 7.50. The van der Waals surface area contributed by atoms with E-state index in [-0.39, 0.29) is 31.3 Å². The summed E-state index contributed by atoms with van der Waals surface area (Å²) in [7, 11) is 0. The van der Waals surface area contributed by atoms with E-state index in [4.69, 9.17) is 4.74 Å². The number of allylic oxidation sites excluding steroid dienone is 14. The topological polar surface area (TPSA) is 95.9 Å². The second-order valence-corrected chi connectivity index (χ2v) is 17.5. The second-order valence-electron chi connectivity index (χ2n) is 17.5. The fourth-order valence-electron chi connectivity index (χ4n) is 7.50. The lowest BCUT2D eigenvalue weighted by molar-refractivity contribution is -0.150. The Morgan fingerprint density at radius 3 is 1.35 bits per heavy atom. The van der Waals surface area contributed by atoms with Gasteiger partial charge in [-0.25, -0.2) is 0 Å². The molecule has 0 radical (unpaired) electrons. The Kier molecular flexibility index (Phi) is 47.7. The lowest BCUT2D eigenvalue weighted by atomic mass is 10.0. The molecule has 0 fully saturated rings. The highest BCUT2D eigenvalue weighted by molar-refractivity contribution is 5.77.